The van der Waals surface area contributed by atoms with Gasteiger partial charge in [-0.25, -0.2) is 0 Å². The number of aliphatic hydroxyl groups excluding tert-OH is 1. The Labute approximate surface area is 125 Å². The molecule has 0 saturated carbocycles. The highest BCUT2D eigenvalue weighted by Crippen LogP contribution is 2.31. The van der Waals surface area contributed by atoms with Crippen molar-refractivity contribution in [2.45, 2.75) is 39.8 Å². The lowest BCUT2D eigenvalue weighted by Gasteiger charge is -2.28. The van der Waals surface area contributed by atoms with Gasteiger partial charge < -0.3 is 10.0 Å². The fourth-order valence-electron chi connectivity index (χ4n) is 2.74. The van der Waals surface area contributed by atoms with Crippen molar-refractivity contribution in [2.24, 2.45) is 5.92 Å². The first-order valence-corrected chi connectivity index (χ1v) is 7.28. The number of nitrogens with zero attached hydrogens (tertiary/aromatic N) is 1. The van der Waals surface area contributed by atoms with Crippen LogP contribution in [0.1, 0.15) is 32.8 Å². The summed E-state index contributed by atoms with van der Waals surface area (Å²) in [5.41, 5.74) is 0.946. The SMILES string of the molecule is CCC(=O)C1=C(O)[C@H](C(C)C)N(Cc2ccccc2)C1=O. The Hall–Kier alpha value is -2.10. The Morgan fingerprint density at radius 3 is 2.43 bits per heavy atom. The third kappa shape index (κ3) is 2.84. The van der Waals surface area contributed by atoms with Crippen molar-refractivity contribution in [1.82, 2.24) is 4.90 Å². The first kappa shape index (κ1) is 15.3. The van der Waals surface area contributed by atoms with Gasteiger partial charge >= 0.3 is 0 Å². The first-order valence-electron chi connectivity index (χ1n) is 7.28. The van der Waals surface area contributed by atoms with Crippen molar-refractivity contribution in [1.29, 1.82) is 0 Å². The second kappa shape index (κ2) is 6.12. The normalized spacial score (nSPS) is 18.8. The van der Waals surface area contributed by atoms with Gasteiger partial charge in [-0.3, -0.25) is 9.59 Å². The fourth-order valence-corrected chi connectivity index (χ4v) is 2.74. The van der Waals surface area contributed by atoms with E-state index < -0.39 is 6.04 Å². The maximum Gasteiger partial charge on any atom is 0.261 e. The van der Waals surface area contributed by atoms with E-state index >= 15 is 0 Å². The van der Waals surface area contributed by atoms with Gasteiger partial charge in [0.2, 0.25) is 0 Å². The molecule has 1 aromatic carbocycles. The van der Waals surface area contributed by atoms with Gasteiger partial charge in [-0.2, -0.15) is 0 Å². The highest BCUT2D eigenvalue weighted by molar-refractivity contribution is 6.21. The Bertz CT molecular complexity index is 575. The number of hydrogen-bond donors (Lipinski definition) is 1. The van der Waals surface area contributed by atoms with E-state index in [1.807, 2.05) is 44.2 Å². The van der Waals surface area contributed by atoms with Crippen LogP contribution in [0.4, 0.5) is 0 Å². The van der Waals surface area contributed by atoms with E-state index in [9.17, 15) is 14.7 Å². The van der Waals surface area contributed by atoms with Gasteiger partial charge in [0.05, 0.1) is 6.04 Å². The quantitative estimate of drug-likeness (QED) is 0.847. The van der Waals surface area contributed by atoms with E-state index in [0.717, 1.165) is 5.56 Å². The predicted molar refractivity (Wildman–Crippen MR) is 80.6 cm³/mol. The van der Waals surface area contributed by atoms with E-state index in [1.54, 1.807) is 11.8 Å². The van der Waals surface area contributed by atoms with Gasteiger partial charge in [0.15, 0.2) is 5.78 Å². The van der Waals surface area contributed by atoms with Crippen LogP contribution in [0.25, 0.3) is 0 Å². The van der Waals surface area contributed by atoms with Gasteiger partial charge in [-0.05, 0) is 11.5 Å². The maximum atomic E-state index is 12.5. The lowest BCUT2D eigenvalue weighted by molar-refractivity contribution is -0.130. The van der Waals surface area contributed by atoms with Gasteiger partial charge in [0.1, 0.15) is 11.3 Å². The van der Waals surface area contributed by atoms with Crippen LogP contribution in [0.5, 0.6) is 0 Å². The van der Waals surface area contributed by atoms with Crippen molar-refractivity contribution >= 4 is 11.7 Å². The molecule has 0 aromatic heterocycles. The molecule has 0 aliphatic carbocycles. The zero-order chi connectivity index (χ0) is 15.6. The van der Waals surface area contributed by atoms with E-state index in [4.69, 9.17) is 0 Å². The molecule has 1 N–H and O–H groups in total. The molecule has 0 fully saturated rings. The molecule has 21 heavy (non-hydrogen) atoms. The second-order valence-electron chi connectivity index (χ2n) is 5.64. The largest absolute Gasteiger partial charge is 0.509 e. The molecule has 112 valence electrons. The average Bonchev–Trinajstić information content (AvgIpc) is 2.70. The zero-order valence-corrected chi connectivity index (χ0v) is 12.7. The molecule has 2 rings (SSSR count). The van der Waals surface area contributed by atoms with Crippen LogP contribution in [0.3, 0.4) is 0 Å². The molecule has 0 unspecified atom stereocenters. The lowest BCUT2D eigenvalue weighted by atomic mass is 10.0. The molecule has 1 aromatic rings. The minimum absolute atomic E-state index is 0.0351. The molecule has 1 heterocycles. The van der Waals surface area contributed by atoms with Gasteiger partial charge in [0, 0.05) is 13.0 Å². The number of ketones is 1. The number of carbonyl (C=O) groups is 2. The Kier molecular flexibility index (Phi) is 4.46. The molecule has 0 saturated heterocycles. The summed E-state index contributed by atoms with van der Waals surface area (Å²) in [6.07, 6.45) is 0.217. The van der Waals surface area contributed by atoms with Crippen LogP contribution in [0, 0.1) is 5.92 Å². The Balaban J connectivity index is 2.34. The minimum atomic E-state index is -0.428. The van der Waals surface area contributed by atoms with Crippen LogP contribution in [0.2, 0.25) is 0 Å². The number of rotatable bonds is 5. The van der Waals surface area contributed by atoms with Gasteiger partial charge in [0.25, 0.3) is 5.91 Å². The summed E-state index contributed by atoms with van der Waals surface area (Å²) in [5, 5.41) is 10.3. The summed E-state index contributed by atoms with van der Waals surface area (Å²) in [6, 6.07) is 9.17. The molecule has 4 heteroatoms. The highest BCUT2D eigenvalue weighted by atomic mass is 16.3. The molecule has 0 radical (unpaired) electrons. The number of benzene rings is 1. The lowest BCUT2D eigenvalue weighted by Crippen LogP contribution is -2.38. The third-order valence-electron chi connectivity index (χ3n) is 3.77. The van der Waals surface area contributed by atoms with E-state index in [0.29, 0.717) is 6.54 Å². The molecular weight excluding hydrogens is 266 g/mol. The maximum absolute atomic E-state index is 12.5. The van der Waals surface area contributed by atoms with Crippen molar-refractivity contribution in [3.63, 3.8) is 0 Å². The molecule has 1 aliphatic rings. The summed E-state index contributed by atoms with van der Waals surface area (Å²) < 4.78 is 0. The minimum Gasteiger partial charge on any atom is -0.509 e. The van der Waals surface area contributed by atoms with Crippen molar-refractivity contribution in [3.8, 4) is 0 Å². The van der Waals surface area contributed by atoms with E-state index in [2.05, 4.69) is 0 Å². The van der Waals surface area contributed by atoms with Crippen LogP contribution >= 0.6 is 0 Å². The fraction of sp³-hybridized carbons (Fsp3) is 0.412. The summed E-state index contributed by atoms with van der Waals surface area (Å²) in [6.45, 7) is 5.96. The molecule has 1 aliphatic heterocycles. The molecule has 0 bridgehead atoms. The number of carbonyl (C=O) groups excluding carboxylic acids is 2. The van der Waals surface area contributed by atoms with Crippen LogP contribution < -0.4 is 0 Å². The summed E-state index contributed by atoms with van der Waals surface area (Å²) in [7, 11) is 0. The van der Waals surface area contributed by atoms with Crippen molar-refractivity contribution < 1.29 is 14.7 Å². The average molecular weight is 287 g/mol. The smallest absolute Gasteiger partial charge is 0.261 e. The van der Waals surface area contributed by atoms with E-state index in [-0.39, 0.29) is 35.4 Å². The van der Waals surface area contributed by atoms with E-state index in [1.165, 1.54) is 0 Å². The first-order chi connectivity index (χ1) is 9.97. The molecular formula is C17H21NO3. The summed E-state index contributed by atoms with van der Waals surface area (Å²) in [5.74, 6) is -0.682. The molecule has 1 amide bonds. The van der Waals surface area contributed by atoms with Gasteiger partial charge in [-0.15, -0.1) is 0 Å². The van der Waals surface area contributed by atoms with Gasteiger partial charge in [-0.1, -0.05) is 51.1 Å². The summed E-state index contributed by atoms with van der Waals surface area (Å²) in [4.78, 5) is 26.1. The predicted octanol–water partition coefficient (Wildman–Crippen LogP) is 2.84. The van der Waals surface area contributed by atoms with Crippen molar-refractivity contribution in [3.05, 3.63) is 47.2 Å². The molecule has 4 nitrogen and oxygen atoms in total. The standard InChI is InChI=1S/C17H21NO3/c1-4-13(19)14-16(20)15(11(2)3)18(17(14)21)10-12-8-6-5-7-9-12/h5-9,11,15,20H,4,10H2,1-3H3/t15-/m0/s1. The van der Waals surface area contributed by atoms with Crippen LogP contribution in [0.15, 0.2) is 41.7 Å². The number of Topliss-reactive ketones (excluding diaryl/α,β-unsaturated/α-hetero) is 1. The number of amides is 1. The Morgan fingerprint density at radius 1 is 1.29 bits per heavy atom. The molecule has 1 atom stereocenters. The topological polar surface area (TPSA) is 57.6 Å². The second-order valence-corrected chi connectivity index (χ2v) is 5.64. The number of hydrogen-bond acceptors (Lipinski definition) is 3. The zero-order valence-electron chi connectivity index (χ0n) is 12.7. The van der Waals surface area contributed by atoms with Crippen molar-refractivity contribution in [2.75, 3.05) is 0 Å². The molecule has 0 spiro atoms. The highest BCUT2D eigenvalue weighted by Gasteiger charge is 2.43. The van der Waals surface area contributed by atoms with Crippen LogP contribution in [-0.2, 0) is 16.1 Å². The van der Waals surface area contributed by atoms with Crippen LogP contribution in [-0.4, -0.2) is 27.7 Å². The number of aliphatic hydroxyl groups is 1. The monoisotopic (exact) mass is 287 g/mol. The summed E-state index contributed by atoms with van der Waals surface area (Å²) >= 11 is 0. The third-order valence-corrected chi connectivity index (χ3v) is 3.77. The Morgan fingerprint density at radius 2 is 1.90 bits per heavy atom.